The van der Waals surface area contributed by atoms with Crippen LogP contribution in [0.5, 0.6) is 5.75 Å². The van der Waals surface area contributed by atoms with Crippen molar-refractivity contribution in [2.45, 2.75) is 32.6 Å². The van der Waals surface area contributed by atoms with E-state index in [1.165, 1.54) is 5.56 Å². The van der Waals surface area contributed by atoms with Crippen molar-refractivity contribution < 1.29 is 4.74 Å². The maximum Gasteiger partial charge on any atom is 0.142 e. The highest BCUT2D eigenvalue weighted by Crippen LogP contribution is 2.31. The molecule has 0 aliphatic rings. The summed E-state index contributed by atoms with van der Waals surface area (Å²) >= 11 is 0. The highest BCUT2D eigenvalue weighted by Gasteiger charge is 2.18. The molecule has 1 rings (SSSR count). The lowest BCUT2D eigenvalue weighted by atomic mass is 9.82. The van der Waals surface area contributed by atoms with Crippen LogP contribution in [0.3, 0.4) is 0 Å². The molecule has 88 valence electrons. The first-order valence-corrected chi connectivity index (χ1v) is 5.65. The predicted molar refractivity (Wildman–Crippen MR) is 69.9 cm³/mol. The molecule has 0 aliphatic heterocycles. The molecular formula is C14H21NO. The van der Waals surface area contributed by atoms with Crippen molar-refractivity contribution in [2.75, 3.05) is 12.3 Å². The van der Waals surface area contributed by atoms with Crippen molar-refractivity contribution in [3.63, 3.8) is 0 Å². The molecule has 0 aliphatic carbocycles. The van der Waals surface area contributed by atoms with Gasteiger partial charge in [0.25, 0.3) is 0 Å². The zero-order valence-corrected chi connectivity index (χ0v) is 10.4. The van der Waals surface area contributed by atoms with Gasteiger partial charge in [-0.3, -0.25) is 0 Å². The minimum Gasteiger partial charge on any atom is -0.487 e. The van der Waals surface area contributed by atoms with Crippen molar-refractivity contribution in [1.82, 2.24) is 0 Å². The number of nitrogen functional groups attached to an aromatic ring is 1. The lowest BCUT2D eigenvalue weighted by molar-refractivity contribution is 0.364. The average molecular weight is 219 g/mol. The minimum absolute atomic E-state index is 0.158. The van der Waals surface area contributed by atoms with Gasteiger partial charge in [-0.1, -0.05) is 39.5 Å². The van der Waals surface area contributed by atoms with Crippen LogP contribution < -0.4 is 10.5 Å². The molecule has 2 heteroatoms. The Labute approximate surface area is 98.1 Å². The lowest BCUT2D eigenvalue weighted by Gasteiger charge is -2.24. The Kier molecular flexibility index (Phi) is 3.99. The number of benzene rings is 1. The van der Waals surface area contributed by atoms with Gasteiger partial charge in [-0.2, -0.15) is 0 Å². The quantitative estimate of drug-likeness (QED) is 0.607. The molecule has 1 aromatic carbocycles. The summed E-state index contributed by atoms with van der Waals surface area (Å²) in [6.45, 7) is 10.7. The Bertz CT molecular complexity index is 369. The summed E-state index contributed by atoms with van der Waals surface area (Å²) in [4.78, 5) is 0. The number of hydrogen-bond donors (Lipinski definition) is 1. The Morgan fingerprint density at radius 1 is 1.44 bits per heavy atom. The predicted octanol–water partition coefficient (Wildman–Crippen LogP) is 3.52. The second-order valence-corrected chi connectivity index (χ2v) is 4.59. The molecule has 0 saturated heterocycles. The summed E-state index contributed by atoms with van der Waals surface area (Å²) in [6.07, 6.45) is 2.79. The fourth-order valence-electron chi connectivity index (χ4n) is 1.45. The first-order valence-electron chi connectivity index (χ1n) is 5.65. The van der Waals surface area contributed by atoms with E-state index in [1.807, 2.05) is 12.1 Å². The van der Waals surface area contributed by atoms with E-state index >= 15 is 0 Å². The fraction of sp³-hybridized carbons (Fsp3) is 0.429. The van der Waals surface area contributed by atoms with Gasteiger partial charge >= 0.3 is 0 Å². The number of ether oxygens (including phenoxy) is 1. The largest absolute Gasteiger partial charge is 0.487 e. The van der Waals surface area contributed by atoms with Crippen molar-refractivity contribution in [3.8, 4) is 5.75 Å². The lowest BCUT2D eigenvalue weighted by Crippen LogP contribution is -2.15. The van der Waals surface area contributed by atoms with E-state index in [0.29, 0.717) is 12.3 Å². The van der Waals surface area contributed by atoms with Crippen molar-refractivity contribution in [2.24, 2.45) is 0 Å². The molecule has 0 bridgehead atoms. The topological polar surface area (TPSA) is 35.2 Å². The molecular weight excluding hydrogens is 198 g/mol. The Hall–Kier alpha value is -1.44. The number of rotatable bonds is 5. The summed E-state index contributed by atoms with van der Waals surface area (Å²) < 4.78 is 5.44. The smallest absolute Gasteiger partial charge is 0.142 e. The summed E-state index contributed by atoms with van der Waals surface area (Å²) in [5, 5.41) is 0. The highest BCUT2D eigenvalue weighted by atomic mass is 16.5. The number of nitrogens with two attached hydrogens (primary N) is 1. The van der Waals surface area contributed by atoms with E-state index in [4.69, 9.17) is 10.5 Å². The van der Waals surface area contributed by atoms with Crippen LogP contribution >= 0.6 is 0 Å². The molecule has 0 fully saturated rings. The zero-order valence-electron chi connectivity index (χ0n) is 10.4. The van der Waals surface area contributed by atoms with Gasteiger partial charge in [0.2, 0.25) is 0 Å². The van der Waals surface area contributed by atoms with E-state index in [-0.39, 0.29) is 5.41 Å². The molecule has 0 heterocycles. The second kappa shape index (κ2) is 5.06. The van der Waals surface area contributed by atoms with Crippen LogP contribution in [-0.4, -0.2) is 6.61 Å². The first kappa shape index (κ1) is 12.6. The van der Waals surface area contributed by atoms with Crippen molar-refractivity contribution >= 4 is 5.69 Å². The van der Waals surface area contributed by atoms with Crippen LogP contribution in [0.1, 0.15) is 32.8 Å². The van der Waals surface area contributed by atoms with Crippen molar-refractivity contribution in [3.05, 3.63) is 36.4 Å². The van der Waals surface area contributed by atoms with Crippen LogP contribution in [0.4, 0.5) is 5.69 Å². The summed E-state index contributed by atoms with van der Waals surface area (Å²) in [6, 6.07) is 6.02. The van der Waals surface area contributed by atoms with Crippen molar-refractivity contribution in [1.29, 1.82) is 0 Å². The maximum atomic E-state index is 5.95. The molecule has 0 amide bonds. The maximum absolute atomic E-state index is 5.95. The number of hydrogen-bond acceptors (Lipinski definition) is 2. The third-order valence-electron chi connectivity index (χ3n) is 3.03. The van der Waals surface area contributed by atoms with Gasteiger partial charge < -0.3 is 10.5 Å². The van der Waals surface area contributed by atoms with Gasteiger partial charge in [0.15, 0.2) is 0 Å². The molecule has 1 aromatic rings. The molecule has 16 heavy (non-hydrogen) atoms. The molecule has 0 spiro atoms. The van der Waals surface area contributed by atoms with Gasteiger partial charge in [0.1, 0.15) is 12.4 Å². The molecule has 2 N–H and O–H groups in total. The molecule has 0 aromatic heterocycles. The molecule has 0 saturated carbocycles. The van der Waals surface area contributed by atoms with Crippen LogP contribution in [0.25, 0.3) is 0 Å². The van der Waals surface area contributed by atoms with E-state index in [1.54, 1.807) is 6.08 Å². The van der Waals surface area contributed by atoms with Crippen LogP contribution in [0.2, 0.25) is 0 Å². The molecule has 0 atom stereocenters. The second-order valence-electron chi connectivity index (χ2n) is 4.59. The average Bonchev–Trinajstić information content (AvgIpc) is 2.27. The summed E-state index contributed by atoms with van der Waals surface area (Å²) in [5.41, 5.74) is 8.06. The van der Waals surface area contributed by atoms with Gasteiger partial charge in [0.05, 0.1) is 5.69 Å². The Morgan fingerprint density at radius 2 is 2.12 bits per heavy atom. The van der Waals surface area contributed by atoms with Crippen LogP contribution in [0, 0.1) is 0 Å². The van der Waals surface area contributed by atoms with E-state index in [2.05, 4.69) is 33.4 Å². The third kappa shape index (κ3) is 2.78. The standard InChI is InChI=1S/C14H21NO/c1-5-9-16-13-8-7-11(10-12(13)15)14(3,4)6-2/h5,7-8,10H,1,6,9,15H2,2-4H3. The monoisotopic (exact) mass is 219 g/mol. The normalized spacial score (nSPS) is 11.2. The van der Waals surface area contributed by atoms with Gasteiger partial charge in [-0.05, 0) is 29.5 Å². The van der Waals surface area contributed by atoms with Crippen LogP contribution in [0.15, 0.2) is 30.9 Å². The molecule has 0 unspecified atom stereocenters. The van der Waals surface area contributed by atoms with Gasteiger partial charge in [-0.25, -0.2) is 0 Å². The van der Waals surface area contributed by atoms with Gasteiger partial charge in [0, 0.05) is 0 Å². The first-order chi connectivity index (χ1) is 7.51. The number of anilines is 1. The van der Waals surface area contributed by atoms with Gasteiger partial charge in [-0.15, -0.1) is 0 Å². The van der Waals surface area contributed by atoms with Crippen LogP contribution in [-0.2, 0) is 5.41 Å². The third-order valence-corrected chi connectivity index (χ3v) is 3.03. The zero-order chi connectivity index (χ0) is 12.2. The SMILES string of the molecule is C=CCOc1ccc(C(C)(C)CC)cc1N. The minimum atomic E-state index is 0.158. The Balaban J connectivity index is 2.94. The highest BCUT2D eigenvalue weighted by molar-refractivity contribution is 5.55. The summed E-state index contributed by atoms with van der Waals surface area (Å²) in [5.74, 6) is 0.732. The van der Waals surface area contributed by atoms with E-state index in [0.717, 1.165) is 12.2 Å². The van der Waals surface area contributed by atoms with E-state index in [9.17, 15) is 0 Å². The summed E-state index contributed by atoms with van der Waals surface area (Å²) in [7, 11) is 0. The Morgan fingerprint density at radius 3 is 2.62 bits per heavy atom. The molecule has 2 nitrogen and oxygen atoms in total. The fourth-order valence-corrected chi connectivity index (χ4v) is 1.45. The molecule has 0 radical (unpaired) electrons. The van der Waals surface area contributed by atoms with E-state index < -0.39 is 0 Å².